The normalized spacial score (nSPS) is 10.5. The van der Waals surface area contributed by atoms with Crippen LogP contribution in [-0.4, -0.2) is 24.9 Å². The van der Waals surface area contributed by atoms with Gasteiger partial charge in [-0.1, -0.05) is 47.5 Å². The van der Waals surface area contributed by atoms with Crippen LogP contribution in [0, 0.1) is 27.7 Å². The first-order valence-electron chi connectivity index (χ1n) is 8.96. The van der Waals surface area contributed by atoms with Gasteiger partial charge in [-0.15, -0.1) is 0 Å². The third-order valence-corrected chi connectivity index (χ3v) is 4.39. The Morgan fingerprint density at radius 3 is 2.19 bits per heavy atom. The fourth-order valence-electron chi connectivity index (χ4n) is 3.40. The smallest absolute Gasteiger partial charge is 0.224 e. The lowest BCUT2D eigenvalue weighted by Crippen LogP contribution is -2.38. The van der Waals surface area contributed by atoms with Gasteiger partial charge in [-0.2, -0.15) is 0 Å². The van der Waals surface area contributed by atoms with Crippen molar-refractivity contribution in [3.8, 4) is 0 Å². The maximum Gasteiger partial charge on any atom is 0.224 e. The first kappa shape index (κ1) is 19.7. The highest BCUT2D eigenvalue weighted by Gasteiger charge is 2.16. The highest BCUT2D eigenvalue weighted by Crippen LogP contribution is 2.26. The van der Waals surface area contributed by atoms with Crippen LogP contribution in [0.2, 0.25) is 0 Å². The molecule has 2 aromatic carbocycles. The van der Waals surface area contributed by atoms with Crippen molar-refractivity contribution in [1.82, 2.24) is 5.32 Å². The number of anilines is 1. The quantitative estimate of drug-likeness (QED) is 0.863. The van der Waals surface area contributed by atoms with E-state index in [1.807, 2.05) is 52.0 Å². The molecule has 2 aromatic rings. The Morgan fingerprint density at radius 2 is 1.62 bits per heavy atom. The van der Waals surface area contributed by atoms with E-state index in [-0.39, 0.29) is 11.8 Å². The maximum atomic E-state index is 12.2. The maximum absolute atomic E-state index is 12.2. The minimum atomic E-state index is -0.0311. The van der Waals surface area contributed by atoms with Crippen LogP contribution in [0.3, 0.4) is 0 Å². The van der Waals surface area contributed by atoms with E-state index in [9.17, 15) is 9.59 Å². The molecule has 1 N–H and O–H groups in total. The second kappa shape index (κ2) is 8.65. The number of rotatable bonds is 6. The van der Waals surface area contributed by atoms with Crippen LogP contribution in [0.4, 0.5) is 5.69 Å². The van der Waals surface area contributed by atoms with Gasteiger partial charge in [-0.05, 0) is 44.4 Å². The van der Waals surface area contributed by atoms with Crippen molar-refractivity contribution < 1.29 is 9.59 Å². The highest BCUT2D eigenvalue weighted by molar-refractivity contribution is 5.93. The van der Waals surface area contributed by atoms with E-state index < -0.39 is 0 Å². The SMILES string of the molecule is CC(=O)N(CCNC(=O)Cc1cccc(C)c1)c1c(C)cc(C)cc1C. The van der Waals surface area contributed by atoms with Crippen LogP contribution in [0.25, 0.3) is 0 Å². The number of carbonyl (C=O) groups is 2. The van der Waals surface area contributed by atoms with E-state index in [1.165, 1.54) is 5.56 Å². The molecule has 2 amide bonds. The predicted octanol–water partition coefficient (Wildman–Crippen LogP) is 3.63. The van der Waals surface area contributed by atoms with Crippen LogP contribution >= 0.6 is 0 Å². The fourth-order valence-corrected chi connectivity index (χ4v) is 3.40. The first-order chi connectivity index (χ1) is 12.3. The monoisotopic (exact) mass is 352 g/mol. The predicted molar refractivity (Wildman–Crippen MR) is 107 cm³/mol. The number of benzene rings is 2. The van der Waals surface area contributed by atoms with Crippen LogP contribution in [0.15, 0.2) is 36.4 Å². The lowest BCUT2D eigenvalue weighted by molar-refractivity contribution is -0.121. The van der Waals surface area contributed by atoms with E-state index in [4.69, 9.17) is 0 Å². The van der Waals surface area contributed by atoms with Crippen molar-refractivity contribution in [3.05, 3.63) is 64.2 Å². The van der Waals surface area contributed by atoms with Gasteiger partial charge in [0.1, 0.15) is 0 Å². The summed E-state index contributed by atoms with van der Waals surface area (Å²) in [6.45, 7) is 10.5. The average molecular weight is 352 g/mol. The summed E-state index contributed by atoms with van der Waals surface area (Å²) in [5.74, 6) is -0.0514. The summed E-state index contributed by atoms with van der Waals surface area (Å²) < 4.78 is 0. The molecular formula is C22H28N2O2. The molecule has 0 aliphatic carbocycles. The Labute approximate surface area is 156 Å². The standard InChI is InChI=1S/C22H28N2O2/c1-15-7-6-8-20(13-15)14-21(26)23-9-10-24(19(5)25)22-17(3)11-16(2)12-18(22)4/h6-8,11-13H,9-10,14H2,1-5H3,(H,23,26). The Hall–Kier alpha value is -2.62. The van der Waals surface area contributed by atoms with Gasteiger partial charge in [0.2, 0.25) is 11.8 Å². The lowest BCUT2D eigenvalue weighted by atomic mass is 10.0. The van der Waals surface area contributed by atoms with E-state index in [1.54, 1.807) is 11.8 Å². The number of aryl methyl sites for hydroxylation is 4. The second-order valence-electron chi connectivity index (χ2n) is 6.93. The summed E-state index contributed by atoms with van der Waals surface area (Å²) in [7, 11) is 0. The van der Waals surface area contributed by atoms with E-state index in [0.29, 0.717) is 19.5 Å². The zero-order valence-electron chi connectivity index (χ0n) is 16.3. The van der Waals surface area contributed by atoms with E-state index in [2.05, 4.69) is 17.4 Å². The Kier molecular flexibility index (Phi) is 6.56. The van der Waals surface area contributed by atoms with Gasteiger partial charge in [0.15, 0.2) is 0 Å². The molecule has 0 heterocycles. The lowest BCUT2D eigenvalue weighted by Gasteiger charge is -2.25. The number of carbonyl (C=O) groups excluding carboxylic acids is 2. The van der Waals surface area contributed by atoms with Crippen molar-refractivity contribution in [2.45, 2.75) is 41.0 Å². The second-order valence-corrected chi connectivity index (χ2v) is 6.93. The van der Waals surface area contributed by atoms with Gasteiger partial charge in [0, 0.05) is 25.7 Å². The number of amides is 2. The molecule has 0 fully saturated rings. The molecule has 0 aliphatic rings. The molecule has 0 aliphatic heterocycles. The molecule has 26 heavy (non-hydrogen) atoms. The number of hydrogen-bond donors (Lipinski definition) is 1. The largest absolute Gasteiger partial charge is 0.354 e. The van der Waals surface area contributed by atoms with E-state index >= 15 is 0 Å². The third-order valence-electron chi connectivity index (χ3n) is 4.39. The molecule has 4 nitrogen and oxygen atoms in total. The molecule has 0 bridgehead atoms. The zero-order valence-corrected chi connectivity index (χ0v) is 16.3. The minimum Gasteiger partial charge on any atom is -0.354 e. The van der Waals surface area contributed by atoms with Crippen molar-refractivity contribution in [3.63, 3.8) is 0 Å². The van der Waals surface area contributed by atoms with Crippen molar-refractivity contribution in [2.75, 3.05) is 18.0 Å². The summed E-state index contributed by atoms with van der Waals surface area (Å²) in [5, 5.41) is 2.92. The van der Waals surface area contributed by atoms with E-state index in [0.717, 1.165) is 27.9 Å². The molecule has 0 unspecified atom stereocenters. The van der Waals surface area contributed by atoms with Crippen LogP contribution < -0.4 is 10.2 Å². The Morgan fingerprint density at radius 1 is 0.962 bits per heavy atom. The number of nitrogens with one attached hydrogen (secondary N) is 1. The minimum absolute atomic E-state index is 0.0204. The molecule has 0 spiro atoms. The van der Waals surface area contributed by atoms with Crippen molar-refractivity contribution in [1.29, 1.82) is 0 Å². The van der Waals surface area contributed by atoms with Crippen molar-refractivity contribution in [2.24, 2.45) is 0 Å². The van der Waals surface area contributed by atoms with Crippen molar-refractivity contribution >= 4 is 17.5 Å². The van der Waals surface area contributed by atoms with Gasteiger partial charge < -0.3 is 10.2 Å². The third kappa shape index (κ3) is 5.19. The molecular weight excluding hydrogens is 324 g/mol. The Balaban J connectivity index is 1.99. The zero-order chi connectivity index (χ0) is 19.3. The van der Waals surface area contributed by atoms with Gasteiger partial charge in [0.05, 0.1) is 6.42 Å². The molecule has 2 rings (SSSR count). The highest BCUT2D eigenvalue weighted by atomic mass is 16.2. The number of hydrogen-bond acceptors (Lipinski definition) is 2. The summed E-state index contributed by atoms with van der Waals surface area (Å²) in [6.07, 6.45) is 0.352. The molecule has 138 valence electrons. The number of nitrogens with zero attached hydrogens (tertiary/aromatic N) is 1. The fraction of sp³-hybridized carbons (Fsp3) is 0.364. The van der Waals surface area contributed by atoms with Gasteiger partial charge in [0.25, 0.3) is 0 Å². The molecule has 0 radical (unpaired) electrons. The average Bonchev–Trinajstić information content (AvgIpc) is 2.52. The topological polar surface area (TPSA) is 49.4 Å². The van der Waals surface area contributed by atoms with Crippen LogP contribution in [0.1, 0.15) is 34.7 Å². The van der Waals surface area contributed by atoms with Gasteiger partial charge >= 0.3 is 0 Å². The summed E-state index contributed by atoms with van der Waals surface area (Å²) in [4.78, 5) is 26.1. The van der Waals surface area contributed by atoms with Crippen LogP contribution in [0.5, 0.6) is 0 Å². The molecule has 4 heteroatoms. The Bertz CT molecular complexity index is 789. The summed E-state index contributed by atoms with van der Waals surface area (Å²) >= 11 is 0. The van der Waals surface area contributed by atoms with Gasteiger partial charge in [-0.3, -0.25) is 9.59 Å². The molecule has 0 saturated carbocycles. The molecule has 0 aromatic heterocycles. The first-order valence-corrected chi connectivity index (χ1v) is 8.96. The van der Waals surface area contributed by atoms with Crippen LogP contribution in [-0.2, 0) is 16.0 Å². The summed E-state index contributed by atoms with van der Waals surface area (Å²) in [5.41, 5.74) is 6.40. The molecule has 0 saturated heterocycles. The van der Waals surface area contributed by atoms with Gasteiger partial charge in [-0.25, -0.2) is 0 Å². The summed E-state index contributed by atoms with van der Waals surface area (Å²) in [6, 6.07) is 12.1. The molecule has 0 atom stereocenters.